The van der Waals surface area contributed by atoms with Crippen molar-refractivity contribution in [2.45, 2.75) is 6.42 Å². The maximum absolute atomic E-state index is 13.5. The highest BCUT2D eigenvalue weighted by Gasteiger charge is 2.13. The summed E-state index contributed by atoms with van der Waals surface area (Å²) in [6.07, 6.45) is -0.334. The van der Waals surface area contributed by atoms with Gasteiger partial charge in [-0.1, -0.05) is 12.1 Å². The molecule has 0 fully saturated rings. The summed E-state index contributed by atoms with van der Waals surface area (Å²) in [5, 5.41) is 11.4. The zero-order valence-electron chi connectivity index (χ0n) is 10.9. The maximum Gasteiger partial charge on any atom is 0.228 e. The van der Waals surface area contributed by atoms with E-state index in [1.807, 2.05) is 6.07 Å². The Labute approximate surface area is 119 Å². The Balaban J connectivity index is 2.16. The standard InChI is InChI=1S/C15H11F2N3O/c16-12-3-1-2-9(15(12)17)7-14(21)20-13-5-4-11(19)6-10(13)8-18/h1-6H,7,19H2,(H,20,21). The number of halogens is 2. The van der Waals surface area contributed by atoms with Crippen molar-refractivity contribution in [3.8, 4) is 6.07 Å². The number of nitrogen functional groups attached to an aromatic ring is 1. The van der Waals surface area contributed by atoms with E-state index in [0.717, 1.165) is 6.07 Å². The van der Waals surface area contributed by atoms with Crippen LogP contribution in [0.3, 0.4) is 0 Å². The van der Waals surface area contributed by atoms with E-state index in [0.29, 0.717) is 5.69 Å². The second-order valence-corrected chi connectivity index (χ2v) is 4.35. The quantitative estimate of drug-likeness (QED) is 0.852. The highest BCUT2D eigenvalue weighted by molar-refractivity contribution is 5.93. The van der Waals surface area contributed by atoms with Gasteiger partial charge in [-0.3, -0.25) is 4.79 Å². The number of hydrogen-bond acceptors (Lipinski definition) is 3. The van der Waals surface area contributed by atoms with Crippen LogP contribution in [0, 0.1) is 23.0 Å². The first-order valence-corrected chi connectivity index (χ1v) is 6.03. The number of carbonyl (C=O) groups is 1. The van der Waals surface area contributed by atoms with Gasteiger partial charge in [-0.25, -0.2) is 8.78 Å². The number of nitrogens with two attached hydrogens (primary N) is 1. The molecular formula is C15H11F2N3O. The number of nitrogens with zero attached hydrogens (tertiary/aromatic N) is 1. The molecule has 0 unspecified atom stereocenters. The van der Waals surface area contributed by atoms with Gasteiger partial charge < -0.3 is 11.1 Å². The molecule has 2 rings (SSSR count). The van der Waals surface area contributed by atoms with Crippen LogP contribution in [-0.4, -0.2) is 5.91 Å². The maximum atomic E-state index is 13.5. The number of nitrogens with one attached hydrogen (secondary N) is 1. The molecule has 0 spiro atoms. The van der Waals surface area contributed by atoms with Crippen LogP contribution in [0.1, 0.15) is 11.1 Å². The van der Waals surface area contributed by atoms with E-state index >= 15 is 0 Å². The molecule has 4 nitrogen and oxygen atoms in total. The third-order valence-corrected chi connectivity index (χ3v) is 2.82. The van der Waals surface area contributed by atoms with E-state index in [2.05, 4.69) is 5.32 Å². The Hall–Kier alpha value is -2.94. The SMILES string of the molecule is N#Cc1cc(N)ccc1NC(=O)Cc1cccc(F)c1F. The minimum absolute atomic E-state index is 0.0542. The van der Waals surface area contributed by atoms with Gasteiger partial charge >= 0.3 is 0 Å². The molecule has 0 radical (unpaired) electrons. The first kappa shape index (κ1) is 14.5. The van der Waals surface area contributed by atoms with Gasteiger partial charge in [0.2, 0.25) is 5.91 Å². The lowest BCUT2D eigenvalue weighted by Crippen LogP contribution is -2.16. The molecule has 0 aliphatic heterocycles. The van der Waals surface area contributed by atoms with Gasteiger partial charge in [0.1, 0.15) is 6.07 Å². The Kier molecular flexibility index (Phi) is 4.14. The lowest BCUT2D eigenvalue weighted by Gasteiger charge is -2.08. The van der Waals surface area contributed by atoms with E-state index in [1.165, 1.54) is 30.3 Å². The summed E-state index contributed by atoms with van der Waals surface area (Å²) in [6.45, 7) is 0. The molecule has 0 saturated carbocycles. The number of carbonyl (C=O) groups excluding carboxylic acids is 1. The van der Waals surface area contributed by atoms with Gasteiger partial charge in [-0.2, -0.15) is 5.26 Å². The van der Waals surface area contributed by atoms with Crippen LogP contribution in [0.15, 0.2) is 36.4 Å². The smallest absolute Gasteiger partial charge is 0.228 e. The Morgan fingerprint density at radius 3 is 2.76 bits per heavy atom. The van der Waals surface area contributed by atoms with E-state index < -0.39 is 17.5 Å². The summed E-state index contributed by atoms with van der Waals surface area (Å²) >= 11 is 0. The number of benzene rings is 2. The summed E-state index contributed by atoms with van der Waals surface area (Å²) < 4.78 is 26.5. The number of hydrogen-bond donors (Lipinski definition) is 2. The van der Waals surface area contributed by atoms with Crippen LogP contribution in [0.25, 0.3) is 0 Å². The summed E-state index contributed by atoms with van der Waals surface area (Å²) in [5.74, 6) is -2.61. The summed E-state index contributed by atoms with van der Waals surface area (Å²) in [7, 11) is 0. The van der Waals surface area contributed by atoms with Gasteiger partial charge in [0.15, 0.2) is 11.6 Å². The Morgan fingerprint density at radius 1 is 1.29 bits per heavy atom. The first-order chi connectivity index (χ1) is 10.0. The number of amides is 1. The highest BCUT2D eigenvalue weighted by Crippen LogP contribution is 2.19. The normalized spacial score (nSPS) is 9.95. The van der Waals surface area contributed by atoms with Crippen molar-refractivity contribution in [3.63, 3.8) is 0 Å². The van der Waals surface area contributed by atoms with Gasteiger partial charge in [0, 0.05) is 11.3 Å². The molecule has 0 aliphatic rings. The second kappa shape index (κ2) is 6.01. The average molecular weight is 287 g/mol. The van der Waals surface area contributed by atoms with Crippen LogP contribution in [0.4, 0.5) is 20.2 Å². The molecule has 1 amide bonds. The van der Waals surface area contributed by atoms with Crippen LogP contribution in [0.2, 0.25) is 0 Å². The Bertz CT molecular complexity index is 738. The fraction of sp³-hybridized carbons (Fsp3) is 0.0667. The van der Waals surface area contributed by atoms with Crippen molar-refractivity contribution in [1.29, 1.82) is 5.26 Å². The Morgan fingerprint density at radius 2 is 2.05 bits per heavy atom. The van der Waals surface area contributed by atoms with Gasteiger partial charge in [0.05, 0.1) is 17.7 Å². The lowest BCUT2D eigenvalue weighted by atomic mass is 10.1. The topological polar surface area (TPSA) is 78.9 Å². The molecule has 0 aliphatic carbocycles. The lowest BCUT2D eigenvalue weighted by molar-refractivity contribution is -0.115. The summed E-state index contributed by atoms with van der Waals surface area (Å²) in [5.41, 5.74) is 6.34. The second-order valence-electron chi connectivity index (χ2n) is 4.35. The van der Waals surface area contributed by atoms with Crippen LogP contribution in [0.5, 0.6) is 0 Å². The van der Waals surface area contributed by atoms with Gasteiger partial charge in [0.25, 0.3) is 0 Å². The van der Waals surface area contributed by atoms with Crippen molar-refractivity contribution >= 4 is 17.3 Å². The number of rotatable bonds is 3. The number of anilines is 2. The largest absolute Gasteiger partial charge is 0.399 e. The molecule has 2 aromatic carbocycles. The molecule has 3 N–H and O–H groups in total. The molecule has 0 atom stereocenters. The van der Waals surface area contributed by atoms with E-state index in [-0.39, 0.29) is 23.2 Å². The molecule has 21 heavy (non-hydrogen) atoms. The molecule has 0 aromatic heterocycles. The fourth-order valence-corrected chi connectivity index (χ4v) is 1.82. The summed E-state index contributed by atoms with van der Waals surface area (Å²) in [6, 6.07) is 9.95. The zero-order chi connectivity index (χ0) is 15.4. The predicted octanol–water partition coefficient (Wildman–Crippen LogP) is 2.60. The van der Waals surface area contributed by atoms with Crippen molar-refractivity contribution in [3.05, 3.63) is 59.2 Å². The monoisotopic (exact) mass is 287 g/mol. The van der Waals surface area contributed by atoms with Crippen LogP contribution < -0.4 is 11.1 Å². The summed E-state index contributed by atoms with van der Waals surface area (Å²) in [4.78, 5) is 11.9. The third kappa shape index (κ3) is 3.34. The highest BCUT2D eigenvalue weighted by atomic mass is 19.2. The van der Waals surface area contributed by atoms with E-state index in [1.54, 1.807) is 0 Å². The molecular weight excluding hydrogens is 276 g/mol. The minimum atomic E-state index is -1.05. The van der Waals surface area contributed by atoms with Crippen molar-refractivity contribution in [2.75, 3.05) is 11.1 Å². The molecule has 0 saturated heterocycles. The molecule has 2 aromatic rings. The van der Waals surface area contributed by atoms with Crippen molar-refractivity contribution < 1.29 is 13.6 Å². The zero-order valence-corrected chi connectivity index (χ0v) is 10.9. The van der Waals surface area contributed by atoms with Crippen LogP contribution >= 0.6 is 0 Å². The number of nitriles is 1. The van der Waals surface area contributed by atoms with E-state index in [9.17, 15) is 13.6 Å². The molecule has 6 heteroatoms. The van der Waals surface area contributed by atoms with E-state index in [4.69, 9.17) is 11.0 Å². The van der Waals surface area contributed by atoms with Crippen molar-refractivity contribution in [2.24, 2.45) is 0 Å². The van der Waals surface area contributed by atoms with Crippen molar-refractivity contribution in [1.82, 2.24) is 0 Å². The van der Waals surface area contributed by atoms with Gasteiger partial charge in [-0.15, -0.1) is 0 Å². The van der Waals surface area contributed by atoms with Gasteiger partial charge in [-0.05, 0) is 24.3 Å². The minimum Gasteiger partial charge on any atom is -0.399 e. The third-order valence-electron chi connectivity index (χ3n) is 2.82. The average Bonchev–Trinajstić information content (AvgIpc) is 2.45. The van der Waals surface area contributed by atoms with Crippen LogP contribution in [-0.2, 0) is 11.2 Å². The first-order valence-electron chi connectivity index (χ1n) is 6.03. The molecule has 0 bridgehead atoms. The predicted molar refractivity (Wildman–Crippen MR) is 74.3 cm³/mol. The molecule has 0 heterocycles. The molecule has 106 valence electrons. The fourth-order valence-electron chi connectivity index (χ4n) is 1.82.